The zero-order valence-electron chi connectivity index (χ0n) is 11.5. The van der Waals surface area contributed by atoms with Gasteiger partial charge in [-0.3, -0.25) is 4.79 Å². The number of carbonyl (C=O) groups excluding carboxylic acids is 1. The van der Waals surface area contributed by atoms with Crippen LogP contribution in [-0.4, -0.2) is 61.5 Å². The van der Waals surface area contributed by atoms with Crippen molar-refractivity contribution in [3.63, 3.8) is 0 Å². The molecule has 1 saturated heterocycles. The number of hydrogen-bond donors (Lipinski definition) is 2. The molecule has 0 spiro atoms. The molecular weight excluding hydrogens is 248 g/mol. The second kappa shape index (κ2) is 8.24. The van der Waals surface area contributed by atoms with Crippen LogP contribution in [0.2, 0.25) is 0 Å². The Bertz CT molecular complexity index is 288. The van der Waals surface area contributed by atoms with E-state index in [9.17, 15) is 4.79 Å². The number of rotatable bonds is 5. The highest BCUT2D eigenvalue weighted by Crippen LogP contribution is 2.25. The summed E-state index contributed by atoms with van der Waals surface area (Å²) in [5.41, 5.74) is 0. The Morgan fingerprint density at radius 1 is 1.44 bits per heavy atom. The van der Waals surface area contributed by atoms with E-state index in [1.807, 2.05) is 18.7 Å². The lowest BCUT2D eigenvalue weighted by atomic mass is 10.2. The molecule has 0 aromatic heterocycles. The molecule has 0 bridgehead atoms. The number of likely N-dealkylation sites (N-methyl/N-ethyl adjacent to an activating group) is 1. The third kappa shape index (κ3) is 5.62. The van der Waals surface area contributed by atoms with E-state index >= 15 is 0 Å². The monoisotopic (exact) mass is 272 g/mol. The lowest BCUT2D eigenvalue weighted by Crippen LogP contribution is -2.41. The summed E-state index contributed by atoms with van der Waals surface area (Å²) in [5, 5.41) is 7.14. The van der Waals surface area contributed by atoms with E-state index in [0.717, 1.165) is 19.0 Å². The van der Waals surface area contributed by atoms with Crippen LogP contribution < -0.4 is 10.6 Å². The Balaban J connectivity index is 2.37. The average molecular weight is 272 g/mol. The maximum absolute atomic E-state index is 11.5. The summed E-state index contributed by atoms with van der Waals surface area (Å²) >= 11 is 2.01. The van der Waals surface area contributed by atoms with E-state index in [1.54, 1.807) is 19.0 Å². The molecule has 2 N–H and O–H groups in total. The van der Waals surface area contributed by atoms with Crippen molar-refractivity contribution in [1.82, 2.24) is 15.5 Å². The number of hydrogen-bond acceptors (Lipinski definition) is 3. The molecular formula is C12H24N4OS. The standard InChI is InChI=1S/C12H24N4OS/c1-4-13-12(15-9-11(17)16(2)3)14-8-10-6-5-7-18-10/h10H,4-9H2,1-3H3,(H2,13,14,15). The molecule has 1 fully saturated rings. The molecule has 0 aromatic carbocycles. The Morgan fingerprint density at radius 2 is 2.22 bits per heavy atom. The fourth-order valence-electron chi connectivity index (χ4n) is 1.65. The van der Waals surface area contributed by atoms with Crippen LogP contribution in [0.4, 0.5) is 0 Å². The lowest BCUT2D eigenvalue weighted by molar-refractivity contribution is -0.127. The van der Waals surface area contributed by atoms with Gasteiger partial charge in [-0.25, -0.2) is 4.99 Å². The van der Waals surface area contributed by atoms with Crippen molar-refractivity contribution in [1.29, 1.82) is 0 Å². The van der Waals surface area contributed by atoms with Gasteiger partial charge in [-0.2, -0.15) is 11.8 Å². The first-order valence-electron chi connectivity index (χ1n) is 6.47. The van der Waals surface area contributed by atoms with Gasteiger partial charge in [0, 0.05) is 32.4 Å². The van der Waals surface area contributed by atoms with Crippen molar-refractivity contribution in [2.24, 2.45) is 4.99 Å². The van der Waals surface area contributed by atoms with Gasteiger partial charge in [0.15, 0.2) is 5.96 Å². The van der Waals surface area contributed by atoms with Crippen LogP contribution in [0.25, 0.3) is 0 Å². The topological polar surface area (TPSA) is 56.7 Å². The highest BCUT2D eigenvalue weighted by Gasteiger charge is 2.15. The Hall–Kier alpha value is -0.910. The summed E-state index contributed by atoms with van der Waals surface area (Å²) in [7, 11) is 3.49. The molecule has 1 heterocycles. The smallest absolute Gasteiger partial charge is 0.243 e. The van der Waals surface area contributed by atoms with Crippen molar-refractivity contribution in [3.8, 4) is 0 Å². The molecule has 6 heteroatoms. The van der Waals surface area contributed by atoms with Gasteiger partial charge < -0.3 is 15.5 Å². The number of aliphatic imine (C=N–C) groups is 1. The molecule has 1 rings (SSSR count). The molecule has 0 saturated carbocycles. The quantitative estimate of drug-likeness (QED) is 0.566. The summed E-state index contributed by atoms with van der Waals surface area (Å²) in [4.78, 5) is 17.3. The van der Waals surface area contributed by atoms with Crippen LogP contribution in [-0.2, 0) is 4.79 Å². The first-order chi connectivity index (χ1) is 8.63. The van der Waals surface area contributed by atoms with Gasteiger partial charge in [0.05, 0.1) is 0 Å². The van der Waals surface area contributed by atoms with Crippen molar-refractivity contribution in [2.75, 3.05) is 39.5 Å². The molecule has 1 aliphatic rings. The number of amides is 1. The third-order valence-electron chi connectivity index (χ3n) is 2.74. The van der Waals surface area contributed by atoms with Crippen molar-refractivity contribution >= 4 is 23.6 Å². The second-order valence-electron chi connectivity index (χ2n) is 4.50. The van der Waals surface area contributed by atoms with E-state index in [4.69, 9.17) is 0 Å². The largest absolute Gasteiger partial charge is 0.357 e. The second-order valence-corrected chi connectivity index (χ2v) is 5.91. The molecule has 5 nitrogen and oxygen atoms in total. The SMILES string of the molecule is CCNC(=NCC(=O)N(C)C)NCC1CCCS1. The van der Waals surface area contributed by atoms with Crippen LogP contribution >= 0.6 is 11.8 Å². The summed E-state index contributed by atoms with van der Waals surface area (Å²) in [6, 6.07) is 0. The molecule has 1 unspecified atom stereocenters. The number of nitrogens with zero attached hydrogens (tertiary/aromatic N) is 2. The first kappa shape index (κ1) is 15.1. The van der Waals surface area contributed by atoms with Gasteiger partial charge >= 0.3 is 0 Å². The minimum atomic E-state index is 0.0162. The minimum Gasteiger partial charge on any atom is -0.357 e. The summed E-state index contributed by atoms with van der Waals surface area (Å²) in [6.45, 7) is 3.95. The van der Waals surface area contributed by atoms with Crippen LogP contribution in [0.15, 0.2) is 4.99 Å². The Kier molecular flexibility index (Phi) is 6.93. The van der Waals surface area contributed by atoms with Gasteiger partial charge in [0.25, 0.3) is 0 Å². The van der Waals surface area contributed by atoms with Crippen LogP contribution in [0.5, 0.6) is 0 Å². The normalized spacial score (nSPS) is 19.7. The van der Waals surface area contributed by atoms with E-state index < -0.39 is 0 Å². The summed E-state index contributed by atoms with van der Waals surface area (Å²) < 4.78 is 0. The fraction of sp³-hybridized carbons (Fsp3) is 0.833. The zero-order valence-corrected chi connectivity index (χ0v) is 12.3. The molecule has 18 heavy (non-hydrogen) atoms. The van der Waals surface area contributed by atoms with E-state index in [0.29, 0.717) is 5.25 Å². The molecule has 104 valence electrons. The van der Waals surface area contributed by atoms with Crippen molar-refractivity contribution in [2.45, 2.75) is 25.0 Å². The highest BCUT2D eigenvalue weighted by atomic mass is 32.2. The summed E-state index contributed by atoms with van der Waals surface area (Å²) in [5.74, 6) is 2.02. The molecule has 0 radical (unpaired) electrons. The Labute approximate surface area is 114 Å². The van der Waals surface area contributed by atoms with E-state index in [-0.39, 0.29) is 12.5 Å². The minimum absolute atomic E-state index is 0.0162. The molecule has 0 aliphatic carbocycles. The zero-order chi connectivity index (χ0) is 13.4. The highest BCUT2D eigenvalue weighted by molar-refractivity contribution is 8.00. The van der Waals surface area contributed by atoms with Gasteiger partial charge in [0.1, 0.15) is 6.54 Å². The number of nitrogens with one attached hydrogen (secondary N) is 2. The fourth-order valence-corrected chi connectivity index (χ4v) is 2.85. The predicted molar refractivity (Wildman–Crippen MR) is 78.2 cm³/mol. The first-order valence-corrected chi connectivity index (χ1v) is 7.52. The number of guanidine groups is 1. The van der Waals surface area contributed by atoms with Gasteiger partial charge in [-0.1, -0.05) is 0 Å². The molecule has 1 amide bonds. The van der Waals surface area contributed by atoms with Gasteiger partial charge in [-0.05, 0) is 25.5 Å². The van der Waals surface area contributed by atoms with Crippen LogP contribution in [0.3, 0.4) is 0 Å². The number of thioether (sulfide) groups is 1. The lowest BCUT2D eigenvalue weighted by Gasteiger charge is -2.15. The van der Waals surface area contributed by atoms with Crippen LogP contribution in [0, 0.1) is 0 Å². The maximum atomic E-state index is 11.5. The van der Waals surface area contributed by atoms with Crippen LogP contribution in [0.1, 0.15) is 19.8 Å². The van der Waals surface area contributed by atoms with Crippen molar-refractivity contribution < 1.29 is 4.79 Å². The van der Waals surface area contributed by atoms with Gasteiger partial charge in [0.2, 0.25) is 5.91 Å². The van der Waals surface area contributed by atoms with E-state index in [1.165, 1.54) is 18.6 Å². The number of carbonyl (C=O) groups is 1. The van der Waals surface area contributed by atoms with Crippen molar-refractivity contribution in [3.05, 3.63) is 0 Å². The third-order valence-corrected chi connectivity index (χ3v) is 4.13. The Morgan fingerprint density at radius 3 is 2.78 bits per heavy atom. The molecule has 0 aromatic rings. The maximum Gasteiger partial charge on any atom is 0.243 e. The average Bonchev–Trinajstić information content (AvgIpc) is 2.85. The van der Waals surface area contributed by atoms with Gasteiger partial charge in [-0.15, -0.1) is 0 Å². The van der Waals surface area contributed by atoms with E-state index in [2.05, 4.69) is 15.6 Å². The molecule has 1 aliphatic heterocycles. The predicted octanol–water partition coefficient (Wildman–Crippen LogP) is 0.525. The molecule has 1 atom stereocenters. The summed E-state index contributed by atoms with van der Waals surface area (Å²) in [6.07, 6.45) is 2.58.